The molecule has 0 aliphatic rings. The molecule has 1 N–H and O–H groups in total. The van der Waals surface area contributed by atoms with Crippen LogP contribution in [0.4, 0.5) is 0 Å². The molecular weight excluding hydrogens is 154 g/mol. The molecular formula is C9H13NO2. The molecule has 0 aliphatic carbocycles. The van der Waals surface area contributed by atoms with Crippen molar-refractivity contribution in [3.8, 4) is 0 Å². The van der Waals surface area contributed by atoms with E-state index < -0.39 is 5.60 Å². The van der Waals surface area contributed by atoms with Crippen molar-refractivity contribution in [1.29, 1.82) is 0 Å². The lowest BCUT2D eigenvalue weighted by Gasteiger charge is -2.16. The third-order valence-corrected chi connectivity index (χ3v) is 1.69. The van der Waals surface area contributed by atoms with E-state index in [4.69, 9.17) is 0 Å². The van der Waals surface area contributed by atoms with E-state index in [9.17, 15) is 10.3 Å². The maximum atomic E-state index is 11.2. The van der Waals surface area contributed by atoms with E-state index in [0.29, 0.717) is 10.4 Å². The molecule has 0 spiro atoms. The van der Waals surface area contributed by atoms with Gasteiger partial charge in [0.15, 0.2) is 6.20 Å². The minimum Gasteiger partial charge on any atom is -0.618 e. The second-order valence-electron chi connectivity index (χ2n) is 3.48. The second kappa shape index (κ2) is 2.75. The van der Waals surface area contributed by atoms with Gasteiger partial charge in [0.25, 0.3) is 0 Å². The average molecular weight is 167 g/mol. The summed E-state index contributed by atoms with van der Waals surface area (Å²) in [5.74, 6) is 0. The number of aliphatic hydroxyl groups is 1. The third-order valence-electron chi connectivity index (χ3n) is 1.69. The topological polar surface area (TPSA) is 47.2 Å². The van der Waals surface area contributed by atoms with E-state index in [-0.39, 0.29) is 0 Å². The molecule has 0 aromatic carbocycles. The van der Waals surface area contributed by atoms with Gasteiger partial charge in [-0.15, -0.1) is 0 Å². The molecule has 0 bridgehead atoms. The first-order valence-corrected chi connectivity index (χ1v) is 3.84. The fraction of sp³-hybridized carbons (Fsp3) is 0.444. The molecule has 0 saturated heterocycles. The highest BCUT2D eigenvalue weighted by molar-refractivity contribution is 5.11. The standard InChI is InChI=1S/C9H13NO2/c1-7-4-5-8(9(2,3)11)10(12)6-7/h4-6,11H,1-3H3. The Bertz CT molecular complexity index is 289. The summed E-state index contributed by atoms with van der Waals surface area (Å²) in [5, 5.41) is 20.8. The number of nitrogens with zero attached hydrogens (tertiary/aromatic N) is 1. The number of hydrogen-bond acceptors (Lipinski definition) is 2. The first kappa shape index (κ1) is 9.00. The molecule has 3 nitrogen and oxygen atoms in total. The minimum atomic E-state index is -1.07. The molecule has 1 aromatic heterocycles. The first-order chi connectivity index (χ1) is 5.41. The van der Waals surface area contributed by atoms with E-state index in [2.05, 4.69) is 0 Å². The second-order valence-corrected chi connectivity index (χ2v) is 3.48. The Kier molecular flexibility index (Phi) is 2.06. The van der Waals surface area contributed by atoms with E-state index in [1.54, 1.807) is 19.9 Å². The Morgan fingerprint density at radius 1 is 1.42 bits per heavy atom. The molecule has 0 saturated carbocycles. The quantitative estimate of drug-likeness (QED) is 0.498. The van der Waals surface area contributed by atoms with Crippen molar-refractivity contribution in [3.63, 3.8) is 0 Å². The molecule has 0 unspecified atom stereocenters. The lowest BCUT2D eigenvalue weighted by molar-refractivity contribution is -0.622. The summed E-state index contributed by atoms with van der Waals surface area (Å²) in [6.07, 6.45) is 1.45. The summed E-state index contributed by atoms with van der Waals surface area (Å²) in [6, 6.07) is 3.45. The highest BCUT2D eigenvalue weighted by Gasteiger charge is 2.24. The van der Waals surface area contributed by atoms with Crippen molar-refractivity contribution in [2.24, 2.45) is 0 Å². The largest absolute Gasteiger partial charge is 0.618 e. The number of rotatable bonds is 1. The molecule has 12 heavy (non-hydrogen) atoms. The fourth-order valence-electron chi connectivity index (χ4n) is 1.05. The van der Waals surface area contributed by atoms with Gasteiger partial charge >= 0.3 is 0 Å². The van der Waals surface area contributed by atoms with Crippen molar-refractivity contribution in [2.45, 2.75) is 26.4 Å². The average Bonchev–Trinajstić information content (AvgIpc) is 1.83. The number of hydrogen-bond donors (Lipinski definition) is 1. The van der Waals surface area contributed by atoms with Gasteiger partial charge in [0, 0.05) is 11.6 Å². The van der Waals surface area contributed by atoms with Crippen LogP contribution < -0.4 is 4.73 Å². The van der Waals surface area contributed by atoms with Gasteiger partial charge in [0.2, 0.25) is 5.69 Å². The van der Waals surface area contributed by atoms with Crippen molar-refractivity contribution in [2.75, 3.05) is 0 Å². The normalized spacial score (nSPS) is 11.7. The van der Waals surface area contributed by atoms with Gasteiger partial charge in [-0.2, -0.15) is 4.73 Å². The van der Waals surface area contributed by atoms with Crippen LogP contribution in [0.2, 0.25) is 0 Å². The smallest absolute Gasteiger partial charge is 0.223 e. The Morgan fingerprint density at radius 3 is 2.42 bits per heavy atom. The Hall–Kier alpha value is -1.09. The van der Waals surface area contributed by atoms with Gasteiger partial charge < -0.3 is 10.3 Å². The van der Waals surface area contributed by atoms with E-state index in [1.165, 1.54) is 6.20 Å². The van der Waals surface area contributed by atoms with Gasteiger partial charge in [-0.05, 0) is 26.8 Å². The molecule has 0 amide bonds. The summed E-state index contributed by atoms with van der Waals surface area (Å²) < 4.78 is 0.704. The van der Waals surface area contributed by atoms with Gasteiger partial charge in [-0.1, -0.05) is 0 Å². The van der Waals surface area contributed by atoms with Gasteiger partial charge in [-0.25, -0.2) is 0 Å². The fourth-order valence-corrected chi connectivity index (χ4v) is 1.05. The van der Waals surface area contributed by atoms with Crippen LogP contribution >= 0.6 is 0 Å². The number of pyridine rings is 1. The van der Waals surface area contributed by atoms with Crippen molar-refractivity contribution in [3.05, 3.63) is 34.8 Å². The Labute approximate surface area is 71.9 Å². The predicted octanol–water partition coefficient (Wildman–Crippen LogP) is 0.856. The SMILES string of the molecule is Cc1ccc(C(C)(C)O)[n+]([O-])c1. The molecule has 66 valence electrons. The first-order valence-electron chi connectivity index (χ1n) is 3.84. The molecule has 0 fully saturated rings. The van der Waals surface area contributed by atoms with Crippen LogP contribution in [0.15, 0.2) is 18.3 Å². The zero-order valence-electron chi connectivity index (χ0n) is 7.53. The zero-order chi connectivity index (χ0) is 9.35. The van der Waals surface area contributed by atoms with Crippen molar-refractivity contribution in [1.82, 2.24) is 0 Å². The summed E-state index contributed by atoms with van der Waals surface area (Å²) in [7, 11) is 0. The molecule has 0 aliphatic heterocycles. The van der Waals surface area contributed by atoms with Crippen LogP contribution in [0.3, 0.4) is 0 Å². The molecule has 1 rings (SSSR count). The Morgan fingerprint density at radius 2 is 2.00 bits per heavy atom. The van der Waals surface area contributed by atoms with Crippen LogP contribution in [-0.2, 0) is 5.60 Å². The maximum Gasteiger partial charge on any atom is 0.223 e. The van der Waals surface area contributed by atoms with Crippen molar-refractivity contribution < 1.29 is 9.84 Å². The molecule has 1 heterocycles. The number of aromatic nitrogens is 1. The monoisotopic (exact) mass is 167 g/mol. The highest BCUT2D eigenvalue weighted by atomic mass is 16.5. The summed E-state index contributed by atoms with van der Waals surface area (Å²) in [5.41, 5.74) is 0.182. The summed E-state index contributed by atoms with van der Waals surface area (Å²) >= 11 is 0. The Balaban J connectivity index is 3.19. The van der Waals surface area contributed by atoms with Crippen LogP contribution in [0.1, 0.15) is 25.1 Å². The van der Waals surface area contributed by atoms with Gasteiger partial charge in [0.05, 0.1) is 0 Å². The van der Waals surface area contributed by atoms with Gasteiger partial charge in [0.1, 0.15) is 5.60 Å². The van der Waals surface area contributed by atoms with Crippen LogP contribution in [0.5, 0.6) is 0 Å². The van der Waals surface area contributed by atoms with Crippen LogP contribution in [0, 0.1) is 12.1 Å². The third kappa shape index (κ3) is 1.74. The molecule has 0 atom stereocenters. The van der Waals surface area contributed by atoms with Crippen LogP contribution in [-0.4, -0.2) is 5.11 Å². The van der Waals surface area contributed by atoms with Crippen molar-refractivity contribution >= 4 is 0 Å². The lowest BCUT2D eigenvalue weighted by atomic mass is 10.0. The highest BCUT2D eigenvalue weighted by Crippen LogP contribution is 2.14. The number of aryl methyl sites for hydroxylation is 1. The van der Waals surface area contributed by atoms with E-state index in [0.717, 1.165) is 5.56 Å². The lowest BCUT2D eigenvalue weighted by Crippen LogP contribution is -2.39. The zero-order valence-corrected chi connectivity index (χ0v) is 7.53. The maximum absolute atomic E-state index is 11.2. The molecule has 1 aromatic rings. The summed E-state index contributed by atoms with van der Waals surface area (Å²) in [6.45, 7) is 5.01. The van der Waals surface area contributed by atoms with Crippen LogP contribution in [0.25, 0.3) is 0 Å². The van der Waals surface area contributed by atoms with Gasteiger partial charge in [-0.3, -0.25) is 0 Å². The predicted molar refractivity (Wildman–Crippen MR) is 45.4 cm³/mol. The molecule has 3 heteroatoms. The van der Waals surface area contributed by atoms with E-state index >= 15 is 0 Å². The van der Waals surface area contributed by atoms with E-state index in [1.807, 2.05) is 13.0 Å². The molecule has 0 radical (unpaired) electrons. The summed E-state index contributed by atoms with van der Waals surface area (Å²) in [4.78, 5) is 0. The minimum absolute atomic E-state index is 0.369.